The van der Waals surface area contributed by atoms with Crippen LogP contribution in [-0.4, -0.2) is 79.0 Å². The molecule has 0 aromatic carbocycles. The summed E-state index contributed by atoms with van der Waals surface area (Å²) in [6, 6.07) is 1.42. The van der Waals surface area contributed by atoms with Gasteiger partial charge in [0.05, 0.1) is 29.2 Å². The maximum atomic E-state index is 12.6. The van der Waals surface area contributed by atoms with E-state index < -0.39 is 11.4 Å². The first-order valence-electron chi connectivity index (χ1n) is 9.62. The molecule has 1 spiro atoms. The summed E-state index contributed by atoms with van der Waals surface area (Å²) >= 11 is 6.24. The molecule has 8 nitrogen and oxygen atoms in total. The van der Waals surface area contributed by atoms with Gasteiger partial charge >= 0.3 is 11.9 Å². The molecule has 3 saturated heterocycles. The summed E-state index contributed by atoms with van der Waals surface area (Å²) < 4.78 is 11.1. The summed E-state index contributed by atoms with van der Waals surface area (Å²) in [5.74, 6) is -0.581. The molecule has 1 atom stereocenters. The lowest BCUT2D eigenvalue weighted by Crippen LogP contribution is -2.43. The second-order valence-corrected chi connectivity index (χ2v) is 8.15. The van der Waals surface area contributed by atoms with Crippen molar-refractivity contribution in [2.75, 3.05) is 50.8 Å². The number of pyridine rings is 1. The van der Waals surface area contributed by atoms with Gasteiger partial charge in [0.1, 0.15) is 11.9 Å². The Bertz CT molecular complexity index is 760. The highest BCUT2D eigenvalue weighted by Gasteiger charge is 2.50. The number of nitrogens with zero attached hydrogens (tertiary/aromatic N) is 3. The van der Waals surface area contributed by atoms with Gasteiger partial charge in [0.25, 0.3) is 0 Å². The van der Waals surface area contributed by atoms with Crippen LogP contribution < -0.4 is 4.90 Å². The fraction of sp³-hybridized carbons (Fsp3) is 0.632. The first-order chi connectivity index (χ1) is 13.5. The molecule has 1 N–H and O–H groups in total. The van der Waals surface area contributed by atoms with E-state index in [-0.39, 0.29) is 17.6 Å². The van der Waals surface area contributed by atoms with Crippen molar-refractivity contribution >= 4 is 29.4 Å². The van der Waals surface area contributed by atoms with Gasteiger partial charge in [-0.15, -0.1) is 0 Å². The number of hydrogen-bond donors (Lipinski definition) is 1. The van der Waals surface area contributed by atoms with Gasteiger partial charge < -0.3 is 19.5 Å². The second-order valence-electron chi connectivity index (χ2n) is 7.75. The number of carbonyl (C=O) groups is 2. The lowest BCUT2D eigenvalue weighted by Gasteiger charge is -2.37. The van der Waals surface area contributed by atoms with Crippen molar-refractivity contribution in [1.29, 1.82) is 0 Å². The largest absolute Gasteiger partial charge is 0.478 e. The van der Waals surface area contributed by atoms with E-state index in [4.69, 9.17) is 26.2 Å². The number of carbonyl (C=O) groups excluding carboxylic acids is 1. The molecule has 0 radical (unpaired) electrons. The van der Waals surface area contributed by atoms with E-state index in [1.807, 2.05) is 4.90 Å². The van der Waals surface area contributed by atoms with Crippen molar-refractivity contribution < 1.29 is 24.2 Å². The number of rotatable bonds is 4. The van der Waals surface area contributed by atoms with Gasteiger partial charge in [0.15, 0.2) is 0 Å². The Balaban J connectivity index is 1.38. The van der Waals surface area contributed by atoms with Crippen LogP contribution in [0.25, 0.3) is 0 Å². The zero-order valence-corrected chi connectivity index (χ0v) is 16.4. The van der Waals surface area contributed by atoms with Gasteiger partial charge in [0.2, 0.25) is 0 Å². The van der Waals surface area contributed by atoms with Crippen molar-refractivity contribution in [3.05, 3.63) is 22.8 Å². The predicted molar refractivity (Wildman–Crippen MR) is 102 cm³/mol. The molecule has 4 rings (SSSR count). The summed E-state index contributed by atoms with van der Waals surface area (Å²) in [6.07, 6.45) is 3.37. The van der Waals surface area contributed by atoms with E-state index in [2.05, 4.69) is 9.88 Å². The first-order valence-corrected chi connectivity index (χ1v) is 10.00. The smallest absolute Gasteiger partial charge is 0.337 e. The standard InChI is InChI=1S/C19H24ClN3O5/c20-15-9-13(17(24)25)11-21-16(15)23-3-1-19(2-4-23)10-14(28-18(19)26)12-22-5-7-27-8-6-22/h9,11,14H,1-8,10,12H2,(H,24,25). The van der Waals surface area contributed by atoms with Crippen LogP contribution >= 0.6 is 11.6 Å². The molecular formula is C19H24ClN3O5. The highest BCUT2D eigenvalue weighted by atomic mass is 35.5. The maximum Gasteiger partial charge on any atom is 0.337 e. The summed E-state index contributed by atoms with van der Waals surface area (Å²) in [7, 11) is 0. The number of morpholine rings is 1. The summed E-state index contributed by atoms with van der Waals surface area (Å²) in [5, 5.41) is 9.36. The van der Waals surface area contributed by atoms with E-state index in [1.165, 1.54) is 12.3 Å². The molecule has 3 aliphatic rings. The molecular weight excluding hydrogens is 386 g/mol. The Kier molecular flexibility index (Phi) is 5.44. The van der Waals surface area contributed by atoms with E-state index >= 15 is 0 Å². The Hall–Kier alpha value is -1.90. The van der Waals surface area contributed by atoms with E-state index in [0.29, 0.717) is 36.8 Å². The van der Waals surface area contributed by atoms with Crippen molar-refractivity contribution in [3.63, 3.8) is 0 Å². The third kappa shape index (κ3) is 3.81. The highest BCUT2D eigenvalue weighted by Crippen LogP contribution is 2.44. The zero-order valence-electron chi connectivity index (χ0n) is 15.6. The number of ether oxygens (including phenoxy) is 2. The van der Waals surface area contributed by atoms with Gasteiger partial charge in [-0.2, -0.15) is 0 Å². The van der Waals surface area contributed by atoms with Gasteiger partial charge in [-0.05, 0) is 18.9 Å². The van der Waals surface area contributed by atoms with E-state index in [9.17, 15) is 9.59 Å². The van der Waals surface area contributed by atoms with Crippen LogP contribution in [0.15, 0.2) is 12.3 Å². The maximum absolute atomic E-state index is 12.6. The van der Waals surface area contributed by atoms with Crippen LogP contribution in [0, 0.1) is 5.41 Å². The van der Waals surface area contributed by atoms with Crippen LogP contribution in [-0.2, 0) is 14.3 Å². The molecule has 1 aromatic rings. The van der Waals surface area contributed by atoms with Crippen LogP contribution in [0.2, 0.25) is 5.02 Å². The average Bonchev–Trinajstić information content (AvgIpc) is 2.98. The lowest BCUT2D eigenvalue weighted by molar-refractivity contribution is -0.150. The number of carboxylic acids is 1. The Morgan fingerprint density at radius 2 is 2.00 bits per heavy atom. The fourth-order valence-corrected chi connectivity index (χ4v) is 4.63. The minimum absolute atomic E-state index is 0.0614. The number of cyclic esters (lactones) is 1. The molecule has 0 aliphatic carbocycles. The van der Waals surface area contributed by atoms with Gasteiger partial charge in [-0.1, -0.05) is 11.6 Å². The molecule has 152 valence electrons. The normalized spacial score (nSPS) is 25.1. The number of aromatic nitrogens is 1. The van der Waals surface area contributed by atoms with Crippen LogP contribution in [0.5, 0.6) is 0 Å². The molecule has 28 heavy (non-hydrogen) atoms. The lowest BCUT2D eigenvalue weighted by atomic mass is 9.76. The number of aromatic carboxylic acids is 1. The third-order valence-electron chi connectivity index (χ3n) is 5.98. The van der Waals surface area contributed by atoms with Crippen LogP contribution in [0.1, 0.15) is 29.6 Å². The molecule has 1 unspecified atom stereocenters. The molecule has 0 saturated carbocycles. The van der Waals surface area contributed by atoms with Crippen molar-refractivity contribution in [2.24, 2.45) is 5.41 Å². The number of esters is 1. The van der Waals surface area contributed by atoms with Crippen molar-refractivity contribution in [1.82, 2.24) is 9.88 Å². The van der Waals surface area contributed by atoms with Gasteiger partial charge in [-0.3, -0.25) is 9.69 Å². The van der Waals surface area contributed by atoms with Crippen LogP contribution in [0.4, 0.5) is 5.82 Å². The molecule has 3 aliphatic heterocycles. The van der Waals surface area contributed by atoms with E-state index in [1.54, 1.807) is 0 Å². The quantitative estimate of drug-likeness (QED) is 0.751. The summed E-state index contributed by atoms with van der Waals surface area (Å²) in [6.45, 7) is 5.27. The summed E-state index contributed by atoms with van der Waals surface area (Å²) in [4.78, 5) is 32.2. The minimum atomic E-state index is -1.06. The first kappa shape index (κ1) is 19.4. The number of piperidine rings is 1. The van der Waals surface area contributed by atoms with Gasteiger partial charge in [0, 0.05) is 45.3 Å². The van der Waals surface area contributed by atoms with Crippen molar-refractivity contribution in [2.45, 2.75) is 25.4 Å². The monoisotopic (exact) mass is 409 g/mol. The molecule has 9 heteroatoms. The fourth-order valence-electron chi connectivity index (χ4n) is 4.35. The number of carboxylic acid groups (broad SMARTS) is 1. The predicted octanol–water partition coefficient (Wildman–Crippen LogP) is 1.67. The molecule has 1 aromatic heterocycles. The van der Waals surface area contributed by atoms with Crippen molar-refractivity contribution in [3.8, 4) is 0 Å². The average molecular weight is 410 g/mol. The number of halogens is 1. The molecule has 0 amide bonds. The number of hydrogen-bond acceptors (Lipinski definition) is 7. The third-order valence-corrected chi connectivity index (χ3v) is 6.26. The molecule has 3 fully saturated rings. The SMILES string of the molecule is O=C(O)c1cnc(N2CCC3(CC2)CC(CN2CCOCC2)OC3=O)c(Cl)c1. The van der Waals surface area contributed by atoms with E-state index in [0.717, 1.165) is 39.3 Å². The molecule has 0 bridgehead atoms. The van der Waals surface area contributed by atoms with Crippen LogP contribution in [0.3, 0.4) is 0 Å². The summed E-state index contributed by atoms with van der Waals surface area (Å²) in [5.41, 5.74) is -0.367. The zero-order chi connectivity index (χ0) is 19.7. The Morgan fingerprint density at radius 3 is 2.64 bits per heavy atom. The van der Waals surface area contributed by atoms with Gasteiger partial charge in [-0.25, -0.2) is 9.78 Å². The second kappa shape index (κ2) is 7.85. The number of anilines is 1. The Morgan fingerprint density at radius 1 is 1.29 bits per heavy atom. The Labute approximate surface area is 168 Å². The molecule has 4 heterocycles. The highest BCUT2D eigenvalue weighted by molar-refractivity contribution is 6.33. The minimum Gasteiger partial charge on any atom is -0.478 e. The topological polar surface area (TPSA) is 92.2 Å².